The lowest BCUT2D eigenvalue weighted by Gasteiger charge is -2.43. The zero-order valence-corrected chi connectivity index (χ0v) is 24.2. The fourth-order valence-electron chi connectivity index (χ4n) is 4.74. The molecule has 0 saturated carbocycles. The molecule has 0 unspecified atom stereocenters. The minimum Gasteiger partial charge on any atom is -0.444 e. The lowest BCUT2D eigenvalue weighted by atomic mass is 9.84. The van der Waals surface area contributed by atoms with Gasteiger partial charge in [-0.3, -0.25) is 4.90 Å². The molecule has 0 bridgehead atoms. The van der Waals surface area contributed by atoms with Crippen molar-refractivity contribution in [2.75, 3.05) is 32.1 Å². The van der Waals surface area contributed by atoms with Crippen LogP contribution in [-0.2, 0) is 17.1 Å². The van der Waals surface area contributed by atoms with E-state index in [2.05, 4.69) is 0 Å². The maximum atomic E-state index is 13.5. The number of aryl methyl sites for hydroxylation is 1. The first kappa shape index (κ1) is 32.4. The van der Waals surface area contributed by atoms with E-state index in [0.29, 0.717) is 17.2 Å². The number of piperidine rings is 1. The van der Waals surface area contributed by atoms with Crippen LogP contribution in [0.4, 0.5) is 41.6 Å². The number of benzene rings is 2. The van der Waals surface area contributed by atoms with Crippen LogP contribution < -0.4 is 4.90 Å². The Morgan fingerprint density at radius 2 is 1.51 bits per heavy atom. The summed E-state index contributed by atoms with van der Waals surface area (Å²) in [5.41, 5.74) is -2.84. The molecule has 0 radical (unpaired) electrons. The molecule has 0 spiro atoms. The van der Waals surface area contributed by atoms with E-state index in [1.54, 1.807) is 39.8 Å². The first-order valence-corrected chi connectivity index (χ1v) is 13.1. The maximum Gasteiger partial charge on any atom is 0.416 e. The average molecular weight is 608 g/mol. The van der Waals surface area contributed by atoms with Crippen LogP contribution in [0.1, 0.15) is 55.4 Å². The van der Waals surface area contributed by atoms with Gasteiger partial charge in [0.25, 0.3) is 0 Å². The number of likely N-dealkylation sites (N-methyl/N-ethyl adjacent to an activating group) is 1. The van der Waals surface area contributed by atoms with Crippen LogP contribution in [0, 0.1) is 6.92 Å². The fourth-order valence-corrected chi connectivity index (χ4v) is 4.86. The zero-order valence-electron chi connectivity index (χ0n) is 23.5. The van der Waals surface area contributed by atoms with Gasteiger partial charge in [-0.05, 0) is 69.5 Å². The van der Waals surface area contributed by atoms with Gasteiger partial charge in [0.15, 0.2) is 0 Å². The van der Waals surface area contributed by atoms with E-state index in [1.807, 2.05) is 6.07 Å². The highest BCUT2D eigenvalue weighted by Gasteiger charge is 2.40. The van der Waals surface area contributed by atoms with Gasteiger partial charge in [-0.25, -0.2) is 9.59 Å². The molecule has 1 fully saturated rings. The Morgan fingerprint density at radius 1 is 0.951 bits per heavy atom. The smallest absolute Gasteiger partial charge is 0.416 e. The van der Waals surface area contributed by atoms with Gasteiger partial charge >= 0.3 is 24.5 Å². The highest BCUT2D eigenvalue weighted by molar-refractivity contribution is 6.31. The SMILES string of the molecule is Cc1cc([C@@H]2CN(C(=O)OC(C)(C)C)CC[C@H]2N(C)C(=O)N(C)c2cc(C(F)(F)F)cc(C(F)(F)F)c2)ccc1Cl. The van der Waals surface area contributed by atoms with Crippen molar-refractivity contribution in [2.24, 2.45) is 0 Å². The molecule has 1 aliphatic heterocycles. The summed E-state index contributed by atoms with van der Waals surface area (Å²) in [6.07, 6.45) is -10.4. The molecule has 41 heavy (non-hydrogen) atoms. The molecule has 2 atom stereocenters. The molecule has 2 aromatic rings. The van der Waals surface area contributed by atoms with E-state index in [4.69, 9.17) is 16.3 Å². The molecule has 6 nitrogen and oxygen atoms in total. The molecule has 13 heteroatoms. The van der Waals surface area contributed by atoms with Crippen molar-refractivity contribution < 1.29 is 40.7 Å². The predicted molar refractivity (Wildman–Crippen MR) is 143 cm³/mol. The Morgan fingerprint density at radius 3 is 2.00 bits per heavy atom. The highest BCUT2D eigenvalue weighted by Crippen LogP contribution is 2.39. The van der Waals surface area contributed by atoms with E-state index in [9.17, 15) is 35.9 Å². The standard InChI is InChI=1S/C28H32ClF6N3O3/c1-16-11-17(7-8-22(16)29)21-15-38(25(40)41-26(2,3)4)10-9-23(21)37(6)24(39)36(5)20-13-18(27(30,31)32)12-19(14-20)28(33,34)35/h7-8,11-14,21,23H,9-10,15H2,1-6H3/t21-,23+/m0/s1. The third kappa shape index (κ3) is 7.78. The van der Waals surface area contributed by atoms with Crippen LogP contribution in [0.2, 0.25) is 5.02 Å². The fraction of sp³-hybridized carbons (Fsp3) is 0.500. The van der Waals surface area contributed by atoms with E-state index in [0.717, 1.165) is 23.1 Å². The summed E-state index contributed by atoms with van der Waals surface area (Å²) in [5, 5.41) is 0.513. The van der Waals surface area contributed by atoms with E-state index >= 15 is 0 Å². The number of urea groups is 1. The van der Waals surface area contributed by atoms with Crippen molar-refractivity contribution in [3.05, 3.63) is 63.7 Å². The lowest BCUT2D eigenvalue weighted by Crippen LogP contribution is -2.54. The number of nitrogens with zero attached hydrogens (tertiary/aromatic N) is 3. The van der Waals surface area contributed by atoms with Gasteiger partial charge in [0.05, 0.1) is 11.1 Å². The molecule has 3 rings (SSSR count). The molecular formula is C28H32ClF6N3O3. The van der Waals surface area contributed by atoms with Gasteiger partial charge in [-0.1, -0.05) is 23.7 Å². The molecule has 1 heterocycles. The molecule has 0 N–H and O–H groups in total. The van der Waals surface area contributed by atoms with Crippen molar-refractivity contribution in [3.8, 4) is 0 Å². The molecule has 1 saturated heterocycles. The Balaban J connectivity index is 1.96. The Kier molecular flexibility index (Phi) is 9.17. The average Bonchev–Trinajstić information content (AvgIpc) is 2.86. The number of carbonyl (C=O) groups excluding carboxylic acids is 2. The summed E-state index contributed by atoms with van der Waals surface area (Å²) < 4.78 is 86.0. The number of halogens is 7. The number of alkyl halides is 6. The van der Waals surface area contributed by atoms with Crippen LogP contribution in [0.25, 0.3) is 0 Å². The molecule has 1 aliphatic rings. The zero-order chi connectivity index (χ0) is 31.1. The number of hydrogen-bond acceptors (Lipinski definition) is 3. The minimum atomic E-state index is -5.06. The Bertz CT molecular complexity index is 1260. The van der Waals surface area contributed by atoms with E-state index in [1.165, 1.54) is 16.8 Å². The number of likely N-dealkylation sites (tertiary alicyclic amines) is 1. The van der Waals surface area contributed by atoms with Crippen LogP contribution in [-0.4, -0.2) is 60.8 Å². The van der Waals surface area contributed by atoms with Crippen molar-refractivity contribution in [2.45, 2.75) is 64.0 Å². The summed E-state index contributed by atoms with van der Waals surface area (Å²) in [4.78, 5) is 29.9. The van der Waals surface area contributed by atoms with Crippen LogP contribution in [0.5, 0.6) is 0 Å². The first-order valence-electron chi connectivity index (χ1n) is 12.7. The topological polar surface area (TPSA) is 53.1 Å². The van der Waals surface area contributed by atoms with E-state index < -0.39 is 58.9 Å². The Hall–Kier alpha value is -3.15. The number of amides is 3. The normalized spacial score (nSPS) is 18.2. The van der Waals surface area contributed by atoms with Crippen LogP contribution in [0.3, 0.4) is 0 Å². The third-order valence-corrected chi connectivity index (χ3v) is 7.31. The maximum absolute atomic E-state index is 13.5. The monoisotopic (exact) mass is 607 g/mol. The van der Waals surface area contributed by atoms with Crippen molar-refractivity contribution in [1.82, 2.24) is 9.80 Å². The van der Waals surface area contributed by atoms with Crippen LogP contribution >= 0.6 is 11.6 Å². The summed E-state index contributed by atoms with van der Waals surface area (Å²) in [7, 11) is 2.55. The van der Waals surface area contributed by atoms with Crippen LogP contribution in [0.15, 0.2) is 36.4 Å². The molecular weight excluding hydrogens is 576 g/mol. The van der Waals surface area contributed by atoms with Gasteiger partial charge in [0.1, 0.15) is 5.60 Å². The third-order valence-electron chi connectivity index (χ3n) is 6.88. The second-order valence-corrected chi connectivity index (χ2v) is 11.5. The summed E-state index contributed by atoms with van der Waals surface area (Å²) in [5.74, 6) is -0.457. The predicted octanol–water partition coefficient (Wildman–Crippen LogP) is 7.97. The number of rotatable bonds is 3. The second kappa shape index (κ2) is 11.6. The molecule has 2 aromatic carbocycles. The van der Waals surface area contributed by atoms with Gasteiger partial charge in [0, 0.05) is 49.9 Å². The first-order chi connectivity index (χ1) is 18.7. The molecule has 0 aliphatic carbocycles. The second-order valence-electron chi connectivity index (χ2n) is 11.1. The number of hydrogen-bond donors (Lipinski definition) is 0. The summed E-state index contributed by atoms with van der Waals surface area (Å²) in [6, 6.07) is 4.92. The summed E-state index contributed by atoms with van der Waals surface area (Å²) >= 11 is 6.20. The van der Waals surface area contributed by atoms with Gasteiger partial charge in [-0.2, -0.15) is 26.3 Å². The van der Waals surface area contributed by atoms with Gasteiger partial charge in [0.2, 0.25) is 0 Å². The highest BCUT2D eigenvalue weighted by atomic mass is 35.5. The van der Waals surface area contributed by atoms with E-state index in [-0.39, 0.29) is 25.6 Å². The van der Waals surface area contributed by atoms with Gasteiger partial charge in [-0.15, -0.1) is 0 Å². The summed E-state index contributed by atoms with van der Waals surface area (Å²) in [6.45, 7) is 7.37. The number of carbonyl (C=O) groups is 2. The largest absolute Gasteiger partial charge is 0.444 e. The molecule has 226 valence electrons. The van der Waals surface area contributed by atoms with Crippen molar-refractivity contribution in [3.63, 3.8) is 0 Å². The lowest BCUT2D eigenvalue weighted by molar-refractivity contribution is -0.143. The Labute approximate surface area is 239 Å². The quantitative estimate of drug-likeness (QED) is 0.333. The number of anilines is 1. The molecule has 3 amide bonds. The minimum absolute atomic E-state index is 0.0107. The van der Waals surface area contributed by atoms with Crippen molar-refractivity contribution in [1.29, 1.82) is 0 Å². The van der Waals surface area contributed by atoms with Crippen molar-refractivity contribution >= 4 is 29.4 Å². The van der Waals surface area contributed by atoms with Gasteiger partial charge < -0.3 is 14.5 Å². The molecule has 0 aromatic heterocycles. The number of ether oxygens (including phenoxy) is 1.